The molecule has 0 saturated heterocycles. The lowest BCUT2D eigenvalue weighted by atomic mass is 9.58. The van der Waals surface area contributed by atoms with Crippen molar-refractivity contribution >= 4 is 55.2 Å². The molecule has 1 aromatic heterocycles. The molecular weight excluding hydrogens is 677 g/mol. The van der Waals surface area contributed by atoms with Crippen molar-refractivity contribution in [1.29, 1.82) is 0 Å². The topological polar surface area (TPSA) is 8.17 Å². The summed E-state index contributed by atoms with van der Waals surface area (Å²) in [6.45, 7) is 2.42. The third-order valence-electron chi connectivity index (χ3n) is 12.9. The van der Waals surface area contributed by atoms with E-state index < -0.39 is 5.41 Å². The van der Waals surface area contributed by atoms with Crippen LogP contribution in [0.2, 0.25) is 0 Å². The highest BCUT2D eigenvalue weighted by Gasteiger charge is 2.55. The molecule has 0 bridgehead atoms. The Hall–Kier alpha value is -6.90. The van der Waals surface area contributed by atoms with Gasteiger partial charge >= 0.3 is 0 Å². The Kier molecular flexibility index (Phi) is 6.63. The molecule has 2 unspecified atom stereocenters. The van der Waals surface area contributed by atoms with Gasteiger partial charge in [0.2, 0.25) is 0 Å². The van der Waals surface area contributed by atoms with Crippen molar-refractivity contribution in [2.45, 2.75) is 18.3 Å². The molecule has 1 aliphatic heterocycles. The van der Waals surface area contributed by atoms with Gasteiger partial charge in [-0.2, -0.15) is 0 Å². The zero-order valence-corrected chi connectivity index (χ0v) is 31.1. The summed E-state index contributed by atoms with van der Waals surface area (Å²) in [6.07, 6.45) is 4.89. The molecule has 2 nitrogen and oxygen atoms in total. The maximum atomic E-state index is 2.52. The molecule has 2 heterocycles. The van der Waals surface area contributed by atoms with E-state index in [0.717, 1.165) is 0 Å². The Morgan fingerprint density at radius 1 is 0.482 bits per heavy atom. The van der Waals surface area contributed by atoms with Crippen LogP contribution in [0.5, 0.6) is 0 Å². The van der Waals surface area contributed by atoms with Crippen molar-refractivity contribution in [2.24, 2.45) is 5.92 Å². The van der Waals surface area contributed by atoms with Gasteiger partial charge in [-0.25, -0.2) is 0 Å². The predicted molar refractivity (Wildman–Crippen MR) is 234 cm³/mol. The van der Waals surface area contributed by atoms with Crippen LogP contribution in [-0.4, -0.2) is 4.57 Å². The summed E-state index contributed by atoms with van der Waals surface area (Å²) in [6, 6.07) is 70.1. The third-order valence-corrected chi connectivity index (χ3v) is 12.9. The van der Waals surface area contributed by atoms with Gasteiger partial charge in [-0.15, -0.1) is 0 Å². The monoisotopic (exact) mass is 714 g/mol. The first-order valence-corrected chi connectivity index (χ1v) is 19.8. The van der Waals surface area contributed by atoms with E-state index in [1.165, 1.54) is 94.3 Å². The molecule has 56 heavy (non-hydrogen) atoms. The van der Waals surface area contributed by atoms with Gasteiger partial charge in [-0.3, -0.25) is 0 Å². The van der Waals surface area contributed by atoms with Gasteiger partial charge in [0.25, 0.3) is 0 Å². The van der Waals surface area contributed by atoms with E-state index in [0.29, 0.717) is 0 Å². The Morgan fingerprint density at radius 2 is 1.12 bits per heavy atom. The number of allylic oxidation sites excluding steroid dienone is 4. The van der Waals surface area contributed by atoms with Crippen LogP contribution in [0.3, 0.4) is 0 Å². The summed E-state index contributed by atoms with van der Waals surface area (Å²) in [5.41, 5.74) is 16.4. The molecule has 0 N–H and O–H groups in total. The maximum Gasteiger partial charge on any atom is 0.0723 e. The number of rotatable bonds is 3. The number of benzene rings is 8. The number of hydrogen-bond donors (Lipinski definition) is 0. The summed E-state index contributed by atoms with van der Waals surface area (Å²) in [7, 11) is 0. The molecule has 0 amide bonds. The normalized spacial score (nSPS) is 17.7. The highest BCUT2D eigenvalue weighted by atomic mass is 15.2. The fourth-order valence-electron chi connectivity index (χ4n) is 10.7. The lowest BCUT2D eigenvalue weighted by Gasteiger charge is -2.48. The molecule has 0 radical (unpaired) electrons. The Morgan fingerprint density at radius 3 is 1.93 bits per heavy atom. The van der Waals surface area contributed by atoms with E-state index in [1.807, 2.05) is 0 Å². The lowest BCUT2D eigenvalue weighted by Crippen LogP contribution is -2.39. The van der Waals surface area contributed by atoms with Crippen molar-refractivity contribution in [3.05, 3.63) is 234 Å². The number of fused-ring (bicyclic) bond motifs is 12. The van der Waals surface area contributed by atoms with Crippen LogP contribution < -0.4 is 4.90 Å². The van der Waals surface area contributed by atoms with Crippen LogP contribution in [0.15, 0.2) is 206 Å². The molecule has 0 saturated carbocycles. The predicted octanol–water partition coefficient (Wildman–Crippen LogP) is 13.8. The van der Waals surface area contributed by atoms with Gasteiger partial charge < -0.3 is 9.47 Å². The minimum atomic E-state index is -0.484. The number of hydrogen-bond acceptors (Lipinski definition) is 1. The highest BCUT2D eigenvalue weighted by molar-refractivity contribution is 6.10. The largest absolute Gasteiger partial charge is 0.310 e. The molecular formula is C54H38N2. The standard InChI is InChI=1S/C54H38N2/c1-35-27-31-43-41-19-7-9-21-45(41)54(46-22-10-13-25-50(46)55(39-17-3-2-4-18-39)51-26-14-11-23-47(51)54)53(43)52(35)38-29-32-49-44(34-38)42-20-8-12-24-48(42)56(49)40-30-28-36-15-5-6-16-37(36)33-40/h2-35,52H,1H3. The van der Waals surface area contributed by atoms with Crippen molar-refractivity contribution < 1.29 is 0 Å². The molecule has 3 aliphatic rings. The summed E-state index contributed by atoms with van der Waals surface area (Å²) >= 11 is 0. The van der Waals surface area contributed by atoms with E-state index in [-0.39, 0.29) is 11.8 Å². The molecule has 264 valence electrons. The zero-order valence-electron chi connectivity index (χ0n) is 31.1. The van der Waals surface area contributed by atoms with Gasteiger partial charge in [0, 0.05) is 28.1 Å². The van der Waals surface area contributed by atoms with Crippen molar-refractivity contribution in [2.75, 3.05) is 4.90 Å². The summed E-state index contributed by atoms with van der Waals surface area (Å²) in [5.74, 6) is 0.414. The average Bonchev–Trinajstić information content (AvgIpc) is 3.74. The summed E-state index contributed by atoms with van der Waals surface area (Å²) in [4.78, 5) is 2.47. The van der Waals surface area contributed by atoms with Gasteiger partial charge in [0.1, 0.15) is 0 Å². The van der Waals surface area contributed by atoms with Crippen LogP contribution in [0.1, 0.15) is 40.7 Å². The first-order chi connectivity index (χ1) is 27.7. The number of nitrogens with zero attached hydrogens (tertiary/aromatic N) is 2. The van der Waals surface area contributed by atoms with Crippen LogP contribution in [0.25, 0.3) is 43.8 Å². The first-order valence-electron chi connectivity index (χ1n) is 19.8. The fraction of sp³-hybridized carbons (Fsp3) is 0.0741. The van der Waals surface area contributed by atoms with E-state index >= 15 is 0 Å². The minimum Gasteiger partial charge on any atom is -0.310 e. The smallest absolute Gasteiger partial charge is 0.0723 e. The second kappa shape index (κ2) is 11.8. The van der Waals surface area contributed by atoms with Crippen molar-refractivity contribution in [3.8, 4) is 5.69 Å². The van der Waals surface area contributed by atoms with Gasteiger partial charge in [0.05, 0.1) is 27.8 Å². The molecule has 1 spiro atoms. The van der Waals surface area contributed by atoms with E-state index in [4.69, 9.17) is 0 Å². The molecule has 12 rings (SSSR count). The molecule has 2 aliphatic carbocycles. The fourth-order valence-corrected chi connectivity index (χ4v) is 10.7. The van der Waals surface area contributed by atoms with Crippen molar-refractivity contribution in [1.82, 2.24) is 4.57 Å². The molecule has 2 atom stereocenters. The zero-order chi connectivity index (χ0) is 37.0. The van der Waals surface area contributed by atoms with E-state index in [2.05, 4.69) is 217 Å². The molecule has 2 heteroatoms. The first kappa shape index (κ1) is 31.5. The van der Waals surface area contributed by atoms with Gasteiger partial charge in [-0.05, 0) is 110 Å². The number of para-hydroxylation sites is 4. The SMILES string of the molecule is CC1C=CC2=C(C1c1ccc3c(c1)c1ccccc1n3-c1ccc3ccccc3c1)C1(c3ccccc32)c2ccccc2N(c2ccccc2)c2ccccc21. The summed E-state index contributed by atoms with van der Waals surface area (Å²) in [5, 5.41) is 5.08. The van der Waals surface area contributed by atoms with Crippen LogP contribution in [0, 0.1) is 5.92 Å². The molecule has 8 aromatic carbocycles. The molecule has 9 aromatic rings. The minimum absolute atomic E-state index is 0.138. The van der Waals surface area contributed by atoms with Gasteiger partial charge in [-0.1, -0.05) is 153 Å². The van der Waals surface area contributed by atoms with E-state index in [9.17, 15) is 0 Å². The second-order valence-electron chi connectivity index (χ2n) is 15.7. The number of aromatic nitrogens is 1. The molecule has 0 fully saturated rings. The van der Waals surface area contributed by atoms with Crippen LogP contribution in [-0.2, 0) is 5.41 Å². The quantitative estimate of drug-likeness (QED) is 0.177. The maximum absolute atomic E-state index is 2.52. The van der Waals surface area contributed by atoms with Crippen LogP contribution >= 0.6 is 0 Å². The Labute approximate surface area is 326 Å². The average molecular weight is 715 g/mol. The number of anilines is 3. The van der Waals surface area contributed by atoms with Gasteiger partial charge in [0.15, 0.2) is 0 Å². The Balaban J connectivity index is 1.13. The Bertz CT molecular complexity index is 3080. The van der Waals surface area contributed by atoms with E-state index in [1.54, 1.807) is 0 Å². The van der Waals surface area contributed by atoms with Crippen LogP contribution in [0.4, 0.5) is 17.1 Å². The third kappa shape index (κ3) is 4.16. The lowest BCUT2D eigenvalue weighted by molar-refractivity contribution is 0.546. The summed E-state index contributed by atoms with van der Waals surface area (Å²) < 4.78 is 2.45. The van der Waals surface area contributed by atoms with Crippen molar-refractivity contribution in [3.63, 3.8) is 0 Å². The highest BCUT2D eigenvalue weighted by Crippen LogP contribution is 2.66. The second-order valence-corrected chi connectivity index (χ2v) is 15.7.